The Hall–Kier alpha value is -1.15. The first-order valence-electron chi connectivity index (χ1n) is 7.16. The molecule has 0 saturated carbocycles. The number of esters is 1. The summed E-state index contributed by atoms with van der Waals surface area (Å²) in [6.07, 6.45) is -3.16. The third kappa shape index (κ3) is 5.76. The van der Waals surface area contributed by atoms with Gasteiger partial charge in [-0.25, -0.2) is 9.18 Å². The first-order chi connectivity index (χ1) is 10.7. The number of rotatable bonds is 4. The van der Waals surface area contributed by atoms with E-state index in [1.165, 1.54) is 23.1 Å². The fraction of sp³-hybridized carbons (Fsp3) is 0.533. The standard InChI is InChI=1S/C15H16BrF4NO2/c16-11-1-2-12(13(17)7-11)14(22)23-8-10-3-5-21(6-4-10)9-15(18,19)20/h1-2,7,10H,3-6,8-9H2. The fourth-order valence-electron chi connectivity index (χ4n) is 2.49. The molecular weight excluding hydrogens is 382 g/mol. The number of likely N-dealkylation sites (tertiary alicyclic amines) is 1. The number of nitrogens with zero attached hydrogens (tertiary/aromatic N) is 1. The van der Waals surface area contributed by atoms with Crippen molar-refractivity contribution in [3.8, 4) is 0 Å². The molecule has 1 aromatic carbocycles. The monoisotopic (exact) mass is 397 g/mol. The van der Waals surface area contributed by atoms with Gasteiger partial charge in [-0.15, -0.1) is 0 Å². The van der Waals surface area contributed by atoms with E-state index in [9.17, 15) is 22.4 Å². The van der Waals surface area contributed by atoms with Crippen LogP contribution in [0.5, 0.6) is 0 Å². The molecule has 0 aliphatic carbocycles. The van der Waals surface area contributed by atoms with Crippen LogP contribution in [0.1, 0.15) is 23.2 Å². The van der Waals surface area contributed by atoms with E-state index in [0.29, 0.717) is 30.4 Å². The highest BCUT2D eigenvalue weighted by atomic mass is 79.9. The first-order valence-corrected chi connectivity index (χ1v) is 7.95. The number of piperidine rings is 1. The maximum Gasteiger partial charge on any atom is 0.401 e. The van der Waals surface area contributed by atoms with E-state index in [2.05, 4.69) is 15.9 Å². The molecule has 128 valence electrons. The third-order valence-corrected chi connectivity index (χ3v) is 4.20. The number of benzene rings is 1. The van der Waals surface area contributed by atoms with Gasteiger partial charge in [0.1, 0.15) is 5.82 Å². The normalized spacial score (nSPS) is 17.3. The highest BCUT2D eigenvalue weighted by Gasteiger charge is 2.32. The molecule has 0 amide bonds. The van der Waals surface area contributed by atoms with Crippen molar-refractivity contribution in [3.63, 3.8) is 0 Å². The maximum absolute atomic E-state index is 13.6. The van der Waals surface area contributed by atoms with Crippen LogP contribution in [0.25, 0.3) is 0 Å². The Balaban J connectivity index is 1.78. The van der Waals surface area contributed by atoms with Crippen molar-refractivity contribution in [2.75, 3.05) is 26.2 Å². The lowest BCUT2D eigenvalue weighted by Crippen LogP contribution is -2.40. The second-order valence-electron chi connectivity index (χ2n) is 5.56. The van der Waals surface area contributed by atoms with Gasteiger partial charge in [-0.1, -0.05) is 15.9 Å². The number of carbonyl (C=O) groups is 1. The van der Waals surface area contributed by atoms with Crippen molar-refractivity contribution in [1.29, 1.82) is 0 Å². The summed E-state index contributed by atoms with van der Waals surface area (Å²) in [5.74, 6) is -1.43. The molecule has 0 aromatic heterocycles. The van der Waals surface area contributed by atoms with E-state index in [1.54, 1.807) is 0 Å². The predicted octanol–water partition coefficient (Wildman–Crippen LogP) is 4.02. The fourth-order valence-corrected chi connectivity index (χ4v) is 2.82. The quantitative estimate of drug-likeness (QED) is 0.567. The van der Waals surface area contributed by atoms with Crippen molar-refractivity contribution >= 4 is 21.9 Å². The molecule has 2 rings (SSSR count). The van der Waals surface area contributed by atoms with Crippen molar-refractivity contribution in [2.45, 2.75) is 19.0 Å². The van der Waals surface area contributed by atoms with Gasteiger partial charge in [0.15, 0.2) is 0 Å². The lowest BCUT2D eigenvalue weighted by molar-refractivity contribution is -0.148. The van der Waals surface area contributed by atoms with Gasteiger partial charge in [-0.3, -0.25) is 4.90 Å². The number of alkyl halides is 3. The summed E-state index contributed by atoms with van der Waals surface area (Å²) in [5.41, 5.74) is -0.150. The molecule has 0 atom stereocenters. The Morgan fingerprint density at radius 1 is 1.30 bits per heavy atom. The summed E-state index contributed by atoms with van der Waals surface area (Å²) in [6.45, 7) is -0.194. The molecule has 0 bridgehead atoms. The van der Waals surface area contributed by atoms with Gasteiger partial charge in [0.05, 0.1) is 18.7 Å². The van der Waals surface area contributed by atoms with E-state index in [-0.39, 0.29) is 18.1 Å². The van der Waals surface area contributed by atoms with Crippen molar-refractivity contribution in [2.24, 2.45) is 5.92 Å². The molecule has 1 aromatic rings. The van der Waals surface area contributed by atoms with E-state index in [1.807, 2.05) is 0 Å². The predicted molar refractivity (Wildman–Crippen MR) is 79.6 cm³/mol. The Bertz CT molecular complexity index is 557. The molecule has 0 N–H and O–H groups in total. The molecule has 1 saturated heterocycles. The van der Waals surface area contributed by atoms with Gasteiger partial charge < -0.3 is 4.74 Å². The van der Waals surface area contributed by atoms with E-state index >= 15 is 0 Å². The van der Waals surface area contributed by atoms with Crippen LogP contribution in [0.3, 0.4) is 0 Å². The Morgan fingerprint density at radius 3 is 2.52 bits per heavy atom. The highest BCUT2D eigenvalue weighted by Crippen LogP contribution is 2.23. The summed E-state index contributed by atoms with van der Waals surface area (Å²) in [5, 5.41) is 0. The van der Waals surface area contributed by atoms with Crippen LogP contribution in [-0.4, -0.2) is 43.3 Å². The van der Waals surface area contributed by atoms with Crippen molar-refractivity contribution in [3.05, 3.63) is 34.1 Å². The highest BCUT2D eigenvalue weighted by molar-refractivity contribution is 9.10. The number of ether oxygens (including phenoxy) is 1. The van der Waals surface area contributed by atoms with Crippen LogP contribution in [0.15, 0.2) is 22.7 Å². The molecule has 1 aliphatic heterocycles. The zero-order valence-corrected chi connectivity index (χ0v) is 13.8. The summed E-state index contributed by atoms with van der Waals surface area (Å²) in [7, 11) is 0. The van der Waals surface area contributed by atoms with Crippen LogP contribution in [0, 0.1) is 11.7 Å². The molecular formula is C15H16BrF4NO2. The molecule has 0 spiro atoms. The number of hydrogen-bond donors (Lipinski definition) is 0. The molecule has 8 heteroatoms. The smallest absolute Gasteiger partial charge is 0.401 e. The van der Waals surface area contributed by atoms with Gasteiger partial charge in [-0.2, -0.15) is 13.2 Å². The van der Waals surface area contributed by atoms with Crippen LogP contribution < -0.4 is 0 Å². The molecule has 23 heavy (non-hydrogen) atoms. The van der Waals surface area contributed by atoms with Crippen molar-refractivity contribution < 1.29 is 27.1 Å². The minimum atomic E-state index is -4.20. The minimum absolute atomic E-state index is 0.00180. The van der Waals surface area contributed by atoms with Gasteiger partial charge in [0.25, 0.3) is 0 Å². The first kappa shape index (κ1) is 18.2. The SMILES string of the molecule is O=C(OCC1CCN(CC(F)(F)F)CC1)c1ccc(Br)cc1F. The summed E-state index contributed by atoms with van der Waals surface area (Å²) < 4.78 is 56.1. The molecule has 0 radical (unpaired) electrons. The Morgan fingerprint density at radius 2 is 1.96 bits per heavy atom. The average molecular weight is 398 g/mol. The van der Waals surface area contributed by atoms with Crippen LogP contribution in [-0.2, 0) is 4.74 Å². The molecule has 1 heterocycles. The van der Waals surface area contributed by atoms with Gasteiger partial charge in [0, 0.05) is 4.47 Å². The van der Waals surface area contributed by atoms with E-state index < -0.39 is 24.5 Å². The van der Waals surface area contributed by atoms with Gasteiger partial charge >= 0.3 is 12.1 Å². The topological polar surface area (TPSA) is 29.5 Å². The molecule has 0 unspecified atom stereocenters. The van der Waals surface area contributed by atoms with E-state index in [0.717, 1.165) is 0 Å². The van der Waals surface area contributed by atoms with Crippen LogP contribution >= 0.6 is 15.9 Å². The lowest BCUT2D eigenvalue weighted by atomic mass is 9.98. The maximum atomic E-state index is 13.6. The van der Waals surface area contributed by atoms with Crippen LogP contribution in [0.4, 0.5) is 17.6 Å². The van der Waals surface area contributed by atoms with Gasteiger partial charge in [0.2, 0.25) is 0 Å². The average Bonchev–Trinajstić information content (AvgIpc) is 2.44. The van der Waals surface area contributed by atoms with Crippen molar-refractivity contribution in [1.82, 2.24) is 4.90 Å². The lowest BCUT2D eigenvalue weighted by Gasteiger charge is -2.31. The zero-order chi connectivity index (χ0) is 17.0. The summed E-state index contributed by atoms with van der Waals surface area (Å²) >= 11 is 3.10. The number of carbonyl (C=O) groups excluding carboxylic acids is 1. The second kappa shape index (κ2) is 7.61. The molecule has 1 aliphatic rings. The number of hydrogen-bond acceptors (Lipinski definition) is 3. The second-order valence-corrected chi connectivity index (χ2v) is 6.47. The van der Waals surface area contributed by atoms with Crippen LogP contribution in [0.2, 0.25) is 0 Å². The minimum Gasteiger partial charge on any atom is -0.462 e. The van der Waals surface area contributed by atoms with Gasteiger partial charge in [-0.05, 0) is 50.0 Å². The Kier molecular flexibility index (Phi) is 6.02. The Labute approximate surface area is 139 Å². The zero-order valence-electron chi connectivity index (χ0n) is 12.2. The molecule has 3 nitrogen and oxygen atoms in total. The largest absolute Gasteiger partial charge is 0.462 e. The van der Waals surface area contributed by atoms with E-state index in [4.69, 9.17) is 4.74 Å². The summed E-state index contributed by atoms with van der Waals surface area (Å²) in [4.78, 5) is 13.2. The summed E-state index contributed by atoms with van der Waals surface area (Å²) in [6, 6.07) is 4.04. The molecule has 1 fully saturated rings. The third-order valence-electron chi connectivity index (χ3n) is 3.71. The number of halogens is 5.